The summed E-state index contributed by atoms with van der Waals surface area (Å²) in [7, 11) is 0. The van der Waals surface area contributed by atoms with E-state index >= 15 is 0 Å². The molecular weight excluding hydrogens is 280 g/mol. The van der Waals surface area contributed by atoms with Gasteiger partial charge in [0.15, 0.2) is 5.96 Å². The molecule has 2 fully saturated rings. The summed E-state index contributed by atoms with van der Waals surface area (Å²) >= 11 is 0. The number of nitrogens with zero attached hydrogens (tertiary/aromatic N) is 1. The van der Waals surface area contributed by atoms with E-state index in [1.165, 1.54) is 38.5 Å². The molecule has 0 saturated heterocycles. The number of amides is 1. The van der Waals surface area contributed by atoms with Crippen LogP contribution < -0.4 is 16.4 Å². The van der Waals surface area contributed by atoms with E-state index in [0.717, 1.165) is 12.8 Å². The standard InChI is InChI=1S/C16H30N4O2/c1-2-22-16(21)20-14(12-9-10-12)11-18-15(17)19-13-7-5-3-4-6-8-13/h12-14H,2-11H2,1H3,(H,20,21)(H3,17,18,19). The minimum atomic E-state index is -0.357. The molecule has 0 spiro atoms. The van der Waals surface area contributed by atoms with Crippen LogP contribution in [0.1, 0.15) is 58.3 Å². The van der Waals surface area contributed by atoms with Crippen LogP contribution in [0.3, 0.4) is 0 Å². The monoisotopic (exact) mass is 310 g/mol. The first-order valence-electron chi connectivity index (χ1n) is 8.68. The Morgan fingerprint density at radius 1 is 1.23 bits per heavy atom. The summed E-state index contributed by atoms with van der Waals surface area (Å²) in [6, 6.07) is 0.483. The van der Waals surface area contributed by atoms with Gasteiger partial charge in [0.25, 0.3) is 0 Å². The van der Waals surface area contributed by atoms with E-state index in [4.69, 9.17) is 10.5 Å². The third-order valence-electron chi connectivity index (χ3n) is 4.44. The van der Waals surface area contributed by atoms with Crippen LogP contribution in [0.15, 0.2) is 4.99 Å². The van der Waals surface area contributed by atoms with Gasteiger partial charge < -0.3 is 21.1 Å². The maximum atomic E-state index is 11.6. The summed E-state index contributed by atoms with van der Waals surface area (Å²) < 4.78 is 4.95. The van der Waals surface area contributed by atoms with Crippen molar-refractivity contribution in [3.8, 4) is 0 Å². The number of alkyl carbamates (subject to hydrolysis) is 1. The number of aliphatic imine (C=N–C) groups is 1. The number of guanidine groups is 1. The maximum absolute atomic E-state index is 11.6. The van der Waals surface area contributed by atoms with Crippen molar-refractivity contribution in [2.75, 3.05) is 13.2 Å². The largest absolute Gasteiger partial charge is 0.450 e. The summed E-state index contributed by atoms with van der Waals surface area (Å²) in [5, 5.41) is 6.23. The molecule has 0 radical (unpaired) electrons. The Bertz CT molecular complexity index is 374. The zero-order valence-corrected chi connectivity index (χ0v) is 13.6. The van der Waals surface area contributed by atoms with Crippen molar-refractivity contribution in [1.29, 1.82) is 0 Å². The fraction of sp³-hybridized carbons (Fsp3) is 0.875. The van der Waals surface area contributed by atoms with Crippen LogP contribution in [0.2, 0.25) is 0 Å². The van der Waals surface area contributed by atoms with E-state index in [0.29, 0.717) is 31.1 Å². The van der Waals surface area contributed by atoms with Gasteiger partial charge in [0.05, 0.1) is 19.2 Å². The predicted octanol–water partition coefficient (Wildman–Crippen LogP) is 2.14. The van der Waals surface area contributed by atoms with Crippen LogP contribution in [-0.2, 0) is 4.74 Å². The minimum absolute atomic E-state index is 0.0357. The second kappa shape index (κ2) is 8.86. The smallest absolute Gasteiger partial charge is 0.407 e. The third-order valence-corrected chi connectivity index (χ3v) is 4.44. The molecule has 4 N–H and O–H groups in total. The Hall–Kier alpha value is -1.46. The van der Waals surface area contributed by atoms with Crippen LogP contribution >= 0.6 is 0 Å². The van der Waals surface area contributed by atoms with Crippen LogP contribution in [0.5, 0.6) is 0 Å². The maximum Gasteiger partial charge on any atom is 0.407 e. The molecule has 1 unspecified atom stereocenters. The second-order valence-electron chi connectivity index (χ2n) is 6.37. The Kier molecular flexibility index (Phi) is 6.80. The molecule has 0 aliphatic heterocycles. The van der Waals surface area contributed by atoms with Gasteiger partial charge in [-0.25, -0.2) is 4.79 Å². The van der Waals surface area contributed by atoms with Gasteiger partial charge in [0, 0.05) is 6.04 Å². The van der Waals surface area contributed by atoms with Gasteiger partial charge in [-0.3, -0.25) is 4.99 Å². The van der Waals surface area contributed by atoms with Gasteiger partial charge in [-0.1, -0.05) is 25.7 Å². The van der Waals surface area contributed by atoms with E-state index in [2.05, 4.69) is 15.6 Å². The Morgan fingerprint density at radius 3 is 2.50 bits per heavy atom. The minimum Gasteiger partial charge on any atom is -0.450 e. The lowest BCUT2D eigenvalue weighted by atomic mass is 10.1. The van der Waals surface area contributed by atoms with Gasteiger partial charge >= 0.3 is 6.09 Å². The Balaban J connectivity index is 1.77. The van der Waals surface area contributed by atoms with Gasteiger partial charge in [0.1, 0.15) is 0 Å². The summed E-state index contributed by atoms with van der Waals surface area (Å²) in [4.78, 5) is 16.0. The Labute approximate surface area is 133 Å². The molecule has 0 heterocycles. The van der Waals surface area contributed by atoms with Crippen LogP contribution in [0, 0.1) is 5.92 Å². The van der Waals surface area contributed by atoms with E-state index in [9.17, 15) is 4.79 Å². The van der Waals surface area contributed by atoms with Crippen molar-refractivity contribution in [2.45, 2.75) is 70.4 Å². The predicted molar refractivity (Wildman–Crippen MR) is 87.8 cm³/mol. The zero-order valence-electron chi connectivity index (χ0n) is 13.6. The van der Waals surface area contributed by atoms with Gasteiger partial charge in [-0.05, 0) is 38.5 Å². The highest BCUT2D eigenvalue weighted by Crippen LogP contribution is 2.32. The normalized spacial score (nSPS) is 21.8. The molecule has 6 heteroatoms. The highest BCUT2D eigenvalue weighted by Gasteiger charge is 2.32. The molecule has 2 aliphatic rings. The van der Waals surface area contributed by atoms with Crippen molar-refractivity contribution < 1.29 is 9.53 Å². The van der Waals surface area contributed by atoms with Crippen molar-refractivity contribution >= 4 is 12.1 Å². The first-order valence-corrected chi connectivity index (χ1v) is 8.68. The fourth-order valence-corrected chi connectivity index (χ4v) is 3.01. The molecule has 0 aromatic carbocycles. The van der Waals surface area contributed by atoms with Gasteiger partial charge in [-0.15, -0.1) is 0 Å². The molecule has 0 aromatic rings. The quantitative estimate of drug-likeness (QED) is 0.398. The molecule has 0 aromatic heterocycles. The zero-order chi connectivity index (χ0) is 15.8. The number of rotatable bonds is 6. The van der Waals surface area contributed by atoms with Crippen LogP contribution in [0.25, 0.3) is 0 Å². The summed E-state index contributed by atoms with van der Waals surface area (Å²) in [5.74, 6) is 1.02. The van der Waals surface area contributed by atoms with Gasteiger partial charge in [-0.2, -0.15) is 0 Å². The number of nitrogens with two attached hydrogens (primary N) is 1. The topological polar surface area (TPSA) is 88.7 Å². The summed E-state index contributed by atoms with van der Waals surface area (Å²) in [6.07, 6.45) is 9.44. The molecule has 1 atom stereocenters. The molecule has 1 amide bonds. The lowest BCUT2D eigenvalue weighted by Gasteiger charge is -2.19. The molecule has 2 saturated carbocycles. The van der Waals surface area contributed by atoms with Gasteiger partial charge in [0.2, 0.25) is 0 Å². The molecule has 126 valence electrons. The number of nitrogens with one attached hydrogen (secondary N) is 2. The number of ether oxygens (including phenoxy) is 1. The van der Waals surface area contributed by atoms with Crippen molar-refractivity contribution in [3.05, 3.63) is 0 Å². The van der Waals surface area contributed by atoms with Crippen molar-refractivity contribution in [2.24, 2.45) is 16.6 Å². The van der Waals surface area contributed by atoms with Crippen LogP contribution in [-0.4, -0.2) is 37.3 Å². The fourth-order valence-electron chi connectivity index (χ4n) is 3.01. The third kappa shape index (κ3) is 6.12. The highest BCUT2D eigenvalue weighted by molar-refractivity contribution is 5.78. The molecule has 0 bridgehead atoms. The first kappa shape index (κ1) is 16.9. The highest BCUT2D eigenvalue weighted by atomic mass is 16.5. The van der Waals surface area contributed by atoms with E-state index in [-0.39, 0.29) is 12.1 Å². The molecular formula is C16H30N4O2. The molecule has 2 rings (SSSR count). The van der Waals surface area contributed by atoms with Crippen molar-refractivity contribution in [3.63, 3.8) is 0 Å². The van der Waals surface area contributed by atoms with E-state index in [1.54, 1.807) is 6.92 Å². The lowest BCUT2D eigenvalue weighted by Crippen LogP contribution is -2.43. The summed E-state index contributed by atoms with van der Waals surface area (Å²) in [6.45, 7) is 2.71. The average Bonchev–Trinajstić information content (AvgIpc) is 3.31. The lowest BCUT2D eigenvalue weighted by molar-refractivity contribution is 0.147. The van der Waals surface area contributed by atoms with E-state index < -0.39 is 0 Å². The number of hydrogen-bond acceptors (Lipinski definition) is 3. The second-order valence-corrected chi connectivity index (χ2v) is 6.37. The Morgan fingerprint density at radius 2 is 1.91 bits per heavy atom. The average molecular weight is 310 g/mol. The SMILES string of the molecule is CCOC(=O)NC(CN=C(N)NC1CCCCCC1)C1CC1. The number of carbonyl (C=O) groups excluding carboxylic acids is 1. The molecule has 22 heavy (non-hydrogen) atoms. The number of hydrogen-bond donors (Lipinski definition) is 3. The van der Waals surface area contributed by atoms with E-state index in [1.807, 2.05) is 0 Å². The molecule has 2 aliphatic carbocycles. The first-order chi connectivity index (χ1) is 10.7. The molecule has 6 nitrogen and oxygen atoms in total. The number of carbonyl (C=O) groups is 1. The van der Waals surface area contributed by atoms with Crippen molar-refractivity contribution in [1.82, 2.24) is 10.6 Å². The van der Waals surface area contributed by atoms with Crippen LogP contribution in [0.4, 0.5) is 4.79 Å². The summed E-state index contributed by atoms with van der Waals surface area (Å²) in [5.41, 5.74) is 6.01.